The first-order chi connectivity index (χ1) is 14.7. The van der Waals surface area contributed by atoms with Crippen LogP contribution in [-0.2, 0) is 4.79 Å². The van der Waals surface area contributed by atoms with Gasteiger partial charge in [0.05, 0.1) is 0 Å². The van der Waals surface area contributed by atoms with Crippen molar-refractivity contribution in [2.75, 3.05) is 23.4 Å². The molecule has 0 unspecified atom stereocenters. The Kier molecular flexibility index (Phi) is 6.93. The maximum Gasteiger partial charge on any atom is 0.262 e. The van der Waals surface area contributed by atoms with Crippen LogP contribution in [-0.4, -0.2) is 25.1 Å². The zero-order chi connectivity index (χ0) is 20.8. The lowest BCUT2D eigenvalue weighted by Crippen LogP contribution is -2.37. The number of nitrogens with one attached hydrogen (secondary N) is 1. The van der Waals surface area contributed by atoms with Crippen LogP contribution in [0.2, 0.25) is 0 Å². The normalized spacial score (nSPS) is 20.0. The molecule has 0 spiro atoms. The number of carbonyl (C=O) groups excluding carboxylic acids is 1. The molecule has 1 saturated heterocycles. The number of carbonyl (C=O) groups is 1. The number of amides is 1. The highest BCUT2D eigenvalue weighted by Crippen LogP contribution is 2.33. The molecule has 30 heavy (non-hydrogen) atoms. The number of ether oxygens (including phenoxy) is 1. The summed E-state index contributed by atoms with van der Waals surface area (Å²) in [7, 11) is 0. The van der Waals surface area contributed by atoms with Crippen LogP contribution in [0.5, 0.6) is 5.75 Å². The molecule has 1 aliphatic heterocycles. The summed E-state index contributed by atoms with van der Waals surface area (Å²) in [5.74, 6) is 1.30. The third-order valence-electron chi connectivity index (χ3n) is 6.61. The van der Waals surface area contributed by atoms with Gasteiger partial charge in [0.2, 0.25) is 0 Å². The number of nitrogens with zero attached hydrogens (tertiary/aromatic N) is 1. The Bertz CT molecular complexity index is 810. The Hall–Kier alpha value is -2.49. The average molecular weight is 407 g/mol. The molecule has 1 aliphatic carbocycles. The van der Waals surface area contributed by atoms with Crippen molar-refractivity contribution in [3.05, 3.63) is 54.1 Å². The molecule has 2 aliphatic rings. The summed E-state index contributed by atoms with van der Waals surface area (Å²) >= 11 is 0. The van der Waals surface area contributed by atoms with Crippen molar-refractivity contribution in [1.29, 1.82) is 0 Å². The van der Waals surface area contributed by atoms with Crippen LogP contribution in [0, 0.1) is 0 Å². The Morgan fingerprint density at radius 1 is 0.933 bits per heavy atom. The van der Waals surface area contributed by atoms with Gasteiger partial charge in [0.25, 0.3) is 5.91 Å². The van der Waals surface area contributed by atoms with E-state index >= 15 is 0 Å². The molecule has 1 heterocycles. The predicted molar refractivity (Wildman–Crippen MR) is 123 cm³/mol. The van der Waals surface area contributed by atoms with Gasteiger partial charge in [0.15, 0.2) is 6.61 Å². The number of hydrogen-bond donors (Lipinski definition) is 1. The monoisotopic (exact) mass is 406 g/mol. The van der Waals surface area contributed by atoms with Crippen molar-refractivity contribution in [3.8, 4) is 5.75 Å². The highest BCUT2D eigenvalue weighted by molar-refractivity contribution is 5.92. The molecule has 1 amide bonds. The maximum atomic E-state index is 12.3. The molecule has 1 atom stereocenters. The summed E-state index contributed by atoms with van der Waals surface area (Å²) in [5.41, 5.74) is 3.44. The summed E-state index contributed by atoms with van der Waals surface area (Å²) in [4.78, 5) is 14.7. The van der Waals surface area contributed by atoms with Crippen LogP contribution in [0.1, 0.15) is 69.8 Å². The van der Waals surface area contributed by atoms with Crippen LogP contribution < -0.4 is 15.0 Å². The molecule has 2 aromatic carbocycles. The summed E-state index contributed by atoms with van der Waals surface area (Å²) in [6, 6.07) is 17.0. The van der Waals surface area contributed by atoms with Gasteiger partial charge in [-0.2, -0.15) is 0 Å². The second-order valence-electron chi connectivity index (χ2n) is 8.83. The molecule has 2 aromatic rings. The van der Waals surface area contributed by atoms with Crippen LogP contribution >= 0.6 is 0 Å². The Balaban J connectivity index is 1.25. The quantitative estimate of drug-likeness (QED) is 0.627. The van der Waals surface area contributed by atoms with E-state index in [-0.39, 0.29) is 12.5 Å². The lowest BCUT2D eigenvalue weighted by Gasteiger charge is -2.35. The number of piperidine rings is 1. The maximum absolute atomic E-state index is 12.3. The largest absolute Gasteiger partial charge is 0.484 e. The molecule has 1 N–H and O–H groups in total. The molecule has 2 fully saturated rings. The smallest absolute Gasteiger partial charge is 0.262 e. The molecule has 4 heteroatoms. The first-order valence-electron chi connectivity index (χ1n) is 11.6. The van der Waals surface area contributed by atoms with Gasteiger partial charge in [-0.15, -0.1) is 0 Å². The van der Waals surface area contributed by atoms with Crippen LogP contribution in [0.25, 0.3) is 0 Å². The zero-order valence-corrected chi connectivity index (χ0v) is 18.1. The van der Waals surface area contributed by atoms with Crippen LogP contribution in [0.3, 0.4) is 0 Å². The number of benzene rings is 2. The number of hydrogen-bond acceptors (Lipinski definition) is 3. The zero-order valence-electron chi connectivity index (χ0n) is 18.1. The lowest BCUT2D eigenvalue weighted by molar-refractivity contribution is -0.118. The van der Waals surface area contributed by atoms with Crippen molar-refractivity contribution >= 4 is 17.3 Å². The van der Waals surface area contributed by atoms with Crippen molar-refractivity contribution in [2.24, 2.45) is 0 Å². The molecule has 4 rings (SSSR count). The molecule has 160 valence electrons. The molecule has 4 nitrogen and oxygen atoms in total. The third kappa shape index (κ3) is 5.35. The average Bonchev–Trinajstić information content (AvgIpc) is 2.80. The van der Waals surface area contributed by atoms with E-state index in [0.717, 1.165) is 18.0 Å². The molecule has 1 saturated carbocycles. The Morgan fingerprint density at radius 3 is 2.33 bits per heavy atom. The Morgan fingerprint density at radius 2 is 1.63 bits per heavy atom. The minimum Gasteiger partial charge on any atom is -0.484 e. The van der Waals surface area contributed by atoms with Crippen molar-refractivity contribution in [1.82, 2.24) is 0 Å². The van der Waals surface area contributed by atoms with Gasteiger partial charge in [0.1, 0.15) is 5.75 Å². The molecule has 0 aromatic heterocycles. The van der Waals surface area contributed by atoms with Crippen molar-refractivity contribution < 1.29 is 9.53 Å². The Labute approximate surface area is 180 Å². The van der Waals surface area contributed by atoms with Gasteiger partial charge in [-0.05, 0) is 86.9 Å². The summed E-state index contributed by atoms with van der Waals surface area (Å²) in [5, 5.41) is 2.93. The van der Waals surface area contributed by atoms with E-state index in [4.69, 9.17) is 4.74 Å². The SMILES string of the molecule is C[C@@H]1CCCCN1c1ccc(NC(=O)COc2ccc(C3CCCCC3)cc2)cc1. The summed E-state index contributed by atoms with van der Waals surface area (Å²) in [6.07, 6.45) is 10.4. The van der Waals surface area contributed by atoms with E-state index in [1.54, 1.807) is 0 Å². The van der Waals surface area contributed by atoms with E-state index in [1.165, 1.54) is 62.6 Å². The topological polar surface area (TPSA) is 41.6 Å². The first-order valence-corrected chi connectivity index (χ1v) is 11.6. The van der Waals surface area contributed by atoms with Gasteiger partial charge in [-0.25, -0.2) is 0 Å². The first kappa shape index (κ1) is 20.8. The van der Waals surface area contributed by atoms with Crippen molar-refractivity contribution in [2.45, 2.75) is 70.3 Å². The van der Waals surface area contributed by atoms with Gasteiger partial charge in [-0.1, -0.05) is 31.4 Å². The third-order valence-corrected chi connectivity index (χ3v) is 6.61. The minimum atomic E-state index is -0.134. The number of anilines is 2. The molecule has 0 radical (unpaired) electrons. The van der Waals surface area contributed by atoms with Gasteiger partial charge in [0, 0.05) is 24.0 Å². The van der Waals surface area contributed by atoms with E-state index in [1.807, 2.05) is 24.3 Å². The van der Waals surface area contributed by atoms with E-state index in [2.05, 4.69) is 41.4 Å². The summed E-state index contributed by atoms with van der Waals surface area (Å²) in [6.45, 7) is 3.42. The van der Waals surface area contributed by atoms with Gasteiger partial charge >= 0.3 is 0 Å². The summed E-state index contributed by atoms with van der Waals surface area (Å²) < 4.78 is 5.70. The molecule has 0 bridgehead atoms. The standard InChI is InChI=1S/C26H34N2O2/c1-20-7-5-6-18-28(20)24-14-12-23(13-15-24)27-26(29)19-30-25-16-10-22(11-17-25)21-8-3-2-4-9-21/h10-17,20-21H,2-9,18-19H2,1H3,(H,27,29)/t20-/m1/s1. The highest BCUT2D eigenvalue weighted by Gasteiger charge is 2.18. The minimum absolute atomic E-state index is 0.0215. The number of rotatable bonds is 6. The van der Waals surface area contributed by atoms with Crippen LogP contribution in [0.15, 0.2) is 48.5 Å². The highest BCUT2D eigenvalue weighted by atomic mass is 16.5. The van der Waals surface area contributed by atoms with E-state index < -0.39 is 0 Å². The second-order valence-corrected chi connectivity index (χ2v) is 8.83. The second kappa shape index (κ2) is 10.0. The lowest BCUT2D eigenvalue weighted by atomic mass is 9.84. The van der Waals surface area contributed by atoms with Gasteiger partial charge < -0.3 is 15.0 Å². The fourth-order valence-electron chi connectivity index (χ4n) is 4.84. The van der Waals surface area contributed by atoms with Crippen LogP contribution in [0.4, 0.5) is 11.4 Å². The molecular weight excluding hydrogens is 372 g/mol. The van der Waals surface area contributed by atoms with Gasteiger partial charge in [-0.3, -0.25) is 4.79 Å². The van der Waals surface area contributed by atoms with Crippen molar-refractivity contribution in [3.63, 3.8) is 0 Å². The fraction of sp³-hybridized carbons (Fsp3) is 0.500. The van der Waals surface area contributed by atoms with E-state index in [9.17, 15) is 4.79 Å². The molecular formula is C26H34N2O2. The fourth-order valence-corrected chi connectivity index (χ4v) is 4.84. The van der Waals surface area contributed by atoms with E-state index in [0.29, 0.717) is 12.0 Å². The predicted octanol–water partition coefficient (Wildman–Crippen LogP) is 6.13.